The summed E-state index contributed by atoms with van der Waals surface area (Å²) in [5, 5.41) is 13.9. The maximum Gasteiger partial charge on any atom is 0.221 e. The third-order valence-electron chi connectivity index (χ3n) is 1.69. The number of nitrogens with one attached hydrogen (secondary N) is 2. The zero-order chi connectivity index (χ0) is 11.0. The maximum atomic E-state index is 11.1. The van der Waals surface area contributed by atoms with Gasteiger partial charge in [-0.25, -0.2) is 0 Å². The number of aliphatic hydroxyl groups is 1. The average Bonchev–Trinajstić information content (AvgIpc) is 2.13. The van der Waals surface area contributed by atoms with Crippen molar-refractivity contribution in [2.45, 2.75) is 20.3 Å². The third kappa shape index (κ3) is 7.54. The molecule has 0 aromatic carbocycles. The van der Waals surface area contributed by atoms with E-state index in [-0.39, 0.29) is 30.8 Å². The highest BCUT2D eigenvalue weighted by Crippen LogP contribution is 1.89. The fraction of sp³-hybridized carbons (Fsp3) is 0.778. The van der Waals surface area contributed by atoms with Gasteiger partial charge in [-0.05, 0) is 5.92 Å². The van der Waals surface area contributed by atoms with Gasteiger partial charge in [0.15, 0.2) is 0 Å². The number of carbonyl (C=O) groups excluding carboxylic acids is 2. The van der Waals surface area contributed by atoms with Crippen LogP contribution in [0.3, 0.4) is 0 Å². The van der Waals surface area contributed by atoms with Gasteiger partial charge in [0, 0.05) is 33.0 Å². The van der Waals surface area contributed by atoms with Crippen LogP contribution in [0.15, 0.2) is 0 Å². The number of carbonyl (C=O) groups is 2. The molecule has 0 spiro atoms. The zero-order valence-corrected chi connectivity index (χ0v) is 8.67. The van der Waals surface area contributed by atoms with Crippen molar-refractivity contribution in [3.63, 3.8) is 0 Å². The summed E-state index contributed by atoms with van der Waals surface area (Å²) in [6, 6.07) is 0. The highest BCUT2D eigenvalue weighted by Gasteiger charge is 2.04. The molecule has 3 N–H and O–H groups in total. The number of aliphatic hydroxyl groups excluding tert-OH is 1. The predicted molar refractivity (Wildman–Crippen MR) is 52.6 cm³/mol. The second kappa shape index (κ2) is 7.32. The smallest absolute Gasteiger partial charge is 0.221 e. The van der Waals surface area contributed by atoms with E-state index in [1.54, 1.807) is 0 Å². The van der Waals surface area contributed by atoms with Gasteiger partial charge in [0.05, 0.1) is 0 Å². The van der Waals surface area contributed by atoms with Crippen molar-refractivity contribution in [1.29, 1.82) is 0 Å². The molecule has 82 valence electrons. The average molecular weight is 202 g/mol. The van der Waals surface area contributed by atoms with Crippen LogP contribution in [0.2, 0.25) is 0 Å². The van der Waals surface area contributed by atoms with Gasteiger partial charge in [0.1, 0.15) is 0 Å². The summed E-state index contributed by atoms with van der Waals surface area (Å²) in [5.41, 5.74) is 0. The highest BCUT2D eigenvalue weighted by atomic mass is 16.3. The first-order valence-corrected chi connectivity index (χ1v) is 4.68. The normalized spacial score (nSPS) is 11.9. The Morgan fingerprint density at radius 2 is 2.00 bits per heavy atom. The summed E-state index contributed by atoms with van der Waals surface area (Å²) in [6.07, 6.45) is 0.276. The van der Waals surface area contributed by atoms with Crippen molar-refractivity contribution in [2.24, 2.45) is 5.92 Å². The summed E-state index contributed by atoms with van der Waals surface area (Å²) >= 11 is 0. The monoisotopic (exact) mass is 202 g/mol. The molecule has 5 nitrogen and oxygen atoms in total. The number of hydrogen-bond donors (Lipinski definition) is 3. The minimum Gasteiger partial charge on any atom is -0.396 e. The van der Waals surface area contributed by atoms with Gasteiger partial charge in [0.2, 0.25) is 11.8 Å². The summed E-state index contributed by atoms with van der Waals surface area (Å²) in [4.78, 5) is 21.6. The number of amides is 2. The van der Waals surface area contributed by atoms with Gasteiger partial charge in [-0.2, -0.15) is 0 Å². The Balaban J connectivity index is 3.41. The Bertz CT molecular complexity index is 194. The Kier molecular flexibility index (Phi) is 6.74. The van der Waals surface area contributed by atoms with Crippen molar-refractivity contribution in [3.8, 4) is 0 Å². The van der Waals surface area contributed by atoms with Crippen LogP contribution in [0.1, 0.15) is 20.3 Å². The standard InChI is InChI=1S/C9H18N2O3/c1-7(6-12)5-11-9(14)3-4-10-8(2)13/h7,12H,3-6H2,1-2H3,(H,10,13)(H,11,14). The maximum absolute atomic E-state index is 11.1. The molecule has 5 heteroatoms. The molecule has 0 aliphatic carbocycles. The quantitative estimate of drug-likeness (QED) is 0.530. The second-order valence-corrected chi connectivity index (χ2v) is 3.32. The van der Waals surface area contributed by atoms with E-state index in [0.717, 1.165) is 0 Å². The molecule has 1 unspecified atom stereocenters. The molecule has 1 atom stereocenters. The molecule has 14 heavy (non-hydrogen) atoms. The molecule has 0 bridgehead atoms. The Labute approximate surface area is 83.9 Å². The van der Waals surface area contributed by atoms with Crippen LogP contribution in [-0.2, 0) is 9.59 Å². The van der Waals surface area contributed by atoms with E-state index < -0.39 is 0 Å². The van der Waals surface area contributed by atoms with Gasteiger partial charge in [-0.15, -0.1) is 0 Å². The first kappa shape index (κ1) is 12.9. The second-order valence-electron chi connectivity index (χ2n) is 3.32. The SMILES string of the molecule is CC(=O)NCCC(=O)NCC(C)CO. The molecule has 0 aliphatic heterocycles. The Hall–Kier alpha value is -1.10. The minimum atomic E-state index is -0.137. The third-order valence-corrected chi connectivity index (χ3v) is 1.69. The van der Waals surface area contributed by atoms with E-state index in [2.05, 4.69) is 10.6 Å². The summed E-state index contributed by atoms with van der Waals surface area (Å²) in [5.74, 6) is -0.180. The van der Waals surface area contributed by atoms with E-state index in [1.165, 1.54) is 6.92 Å². The van der Waals surface area contributed by atoms with Gasteiger partial charge >= 0.3 is 0 Å². The van der Waals surface area contributed by atoms with Gasteiger partial charge in [0.25, 0.3) is 0 Å². The van der Waals surface area contributed by atoms with Crippen LogP contribution >= 0.6 is 0 Å². The summed E-state index contributed by atoms with van der Waals surface area (Å²) < 4.78 is 0. The molecule has 0 aliphatic rings. The van der Waals surface area contributed by atoms with Crippen molar-refractivity contribution in [1.82, 2.24) is 10.6 Å². The molecular formula is C9H18N2O3. The molecular weight excluding hydrogens is 184 g/mol. The van der Waals surface area contributed by atoms with Gasteiger partial charge in [-0.1, -0.05) is 6.92 Å². The largest absolute Gasteiger partial charge is 0.396 e. The molecule has 0 aromatic rings. The van der Waals surface area contributed by atoms with E-state index in [0.29, 0.717) is 13.1 Å². The first-order chi connectivity index (χ1) is 6.56. The van der Waals surface area contributed by atoms with Crippen LogP contribution < -0.4 is 10.6 Å². The van der Waals surface area contributed by atoms with Crippen molar-refractivity contribution < 1.29 is 14.7 Å². The molecule has 0 saturated carbocycles. The number of hydrogen-bond acceptors (Lipinski definition) is 3. The van der Waals surface area contributed by atoms with Crippen LogP contribution in [-0.4, -0.2) is 36.6 Å². The van der Waals surface area contributed by atoms with Crippen molar-refractivity contribution in [2.75, 3.05) is 19.7 Å². The lowest BCUT2D eigenvalue weighted by Crippen LogP contribution is -2.32. The molecule has 0 heterocycles. The van der Waals surface area contributed by atoms with E-state index in [1.807, 2.05) is 6.92 Å². The molecule has 0 radical (unpaired) electrons. The van der Waals surface area contributed by atoms with Crippen molar-refractivity contribution >= 4 is 11.8 Å². The van der Waals surface area contributed by atoms with Gasteiger partial charge in [-0.3, -0.25) is 9.59 Å². The van der Waals surface area contributed by atoms with Gasteiger partial charge < -0.3 is 15.7 Å². The van der Waals surface area contributed by atoms with E-state index in [4.69, 9.17) is 5.11 Å². The molecule has 2 amide bonds. The van der Waals surface area contributed by atoms with Crippen LogP contribution in [0.5, 0.6) is 0 Å². The van der Waals surface area contributed by atoms with Crippen LogP contribution in [0, 0.1) is 5.92 Å². The lowest BCUT2D eigenvalue weighted by molar-refractivity contribution is -0.121. The Morgan fingerprint density at radius 1 is 1.36 bits per heavy atom. The molecule has 0 aromatic heterocycles. The lowest BCUT2D eigenvalue weighted by atomic mass is 10.2. The minimum absolute atomic E-state index is 0.0615. The highest BCUT2D eigenvalue weighted by molar-refractivity contribution is 5.77. The summed E-state index contributed by atoms with van der Waals surface area (Å²) in [7, 11) is 0. The predicted octanol–water partition coefficient (Wildman–Crippen LogP) is -0.743. The number of rotatable bonds is 6. The Morgan fingerprint density at radius 3 is 2.50 bits per heavy atom. The fourth-order valence-corrected chi connectivity index (χ4v) is 0.793. The molecule has 0 fully saturated rings. The molecule has 0 saturated heterocycles. The first-order valence-electron chi connectivity index (χ1n) is 4.68. The topological polar surface area (TPSA) is 78.4 Å². The summed E-state index contributed by atoms with van der Waals surface area (Å²) in [6.45, 7) is 4.13. The molecule has 0 rings (SSSR count). The fourth-order valence-electron chi connectivity index (χ4n) is 0.793. The van der Waals surface area contributed by atoms with Crippen LogP contribution in [0.25, 0.3) is 0 Å². The van der Waals surface area contributed by atoms with E-state index >= 15 is 0 Å². The van der Waals surface area contributed by atoms with Crippen molar-refractivity contribution in [3.05, 3.63) is 0 Å². The van der Waals surface area contributed by atoms with E-state index in [9.17, 15) is 9.59 Å². The van der Waals surface area contributed by atoms with Crippen LogP contribution in [0.4, 0.5) is 0 Å². The zero-order valence-electron chi connectivity index (χ0n) is 8.67. The lowest BCUT2D eigenvalue weighted by Gasteiger charge is -2.09.